The summed E-state index contributed by atoms with van der Waals surface area (Å²) in [4.78, 5) is 11.3. The summed E-state index contributed by atoms with van der Waals surface area (Å²) in [5, 5.41) is 0. The van der Waals surface area contributed by atoms with Crippen molar-refractivity contribution in [3.8, 4) is 11.5 Å². The van der Waals surface area contributed by atoms with Crippen molar-refractivity contribution in [2.24, 2.45) is 5.73 Å². The second kappa shape index (κ2) is 9.50. The minimum Gasteiger partial charge on any atom is -0.491 e. The number of rotatable bonds is 10. The van der Waals surface area contributed by atoms with E-state index < -0.39 is 17.4 Å². The van der Waals surface area contributed by atoms with Crippen LogP contribution in [0.2, 0.25) is 0 Å². The van der Waals surface area contributed by atoms with Crippen LogP contribution in [0.3, 0.4) is 0 Å². The van der Waals surface area contributed by atoms with E-state index in [1.165, 1.54) is 19.9 Å². The van der Waals surface area contributed by atoms with Gasteiger partial charge in [0.15, 0.2) is 0 Å². The first-order chi connectivity index (χ1) is 13.2. The molecule has 0 aliphatic heterocycles. The Kier molecular flexibility index (Phi) is 7.34. The molecule has 1 amide bonds. The molecule has 0 aliphatic carbocycles. The van der Waals surface area contributed by atoms with Gasteiger partial charge in [0.05, 0.1) is 18.8 Å². The first-order valence-corrected chi connectivity index (χ1v) is 8.92. The summed E-state index contributed by atoms with van der Waals surface area (Å²) < 4.78 is 43.9. The zero-order chi connectivity index (χ0) is 20.7. The van der Waals surface area contributed by atoms with Gasteiger partial charge in [-0.25, -0.2) is 8.78 Å². The highest BCUT2D eigenvalue weighted by molar-refractivity contribution is 5.95. The van der Waals surface area contributed by atoms with Crippen molar-refractivity contribution in [3.63, 3.8) is 0 Å². The third-order valence-electron chi connectivity index (χ3n) is 4.13. The summed E-state index contributed by atoms with van der Waals surface area (Å²) in [6.07, 6.45) is 0. The molecule has 0 unspecified atom stereocenters. The summed E-state index contributed by atoms with van der Waals surface area (Å²) >= 11 is 0. The molecular formula is C21H25F2NO4. The van der Waals surface area contributed by atoms with E-state index in [1.807, 2.05) is 0 Å². The molecule has 0 bridgehead atoms. The Morgan fingerprint density at radius 3 is 2.18 bits per heavy atom. The van der Waals surface area contributed by atoms with E-state index in [1.54, 1.807) is 31.2 Å². The molecule has 0 spiro atoms. The molecule has 0 aromatic heterocycles. The third kappa shape index (κ3) is 5.92. The number of hydrogen-bond acceptors (Lipinski definition) is 4. The minimum absolute atomic E-state index is 0.172. The highest BCUT2D eigenvalue weighted by Gasteiger charge is 2.18. The lowest BCUT2D eigenvalue weighted by molar-refractivity contribution is 0.0761. The lowest BCUT2D eigenvalue weighted by Crippen LogP contribution is -2.17. The first kappa shape index (κ1) is 21.6. The first-order valence-electron chi connectivity index (χ1n) is 8.92. The highest BCUT2D eigenvalue weighted by atomic mass is 19.1. The van der Waals surface area contributed by atoms with Gasteiger partial charge in [-0.05, 0) is 50.6 Å². The number of primary amides is 1. The number of benzene rings is 2. The molecule has 0 fully saturated rings. The molecule has 28 heavy (non-hydrogen) atoms. The average molecular weight is 393 g/mol. The van der Waals surface area contributed by atoms with Crippen LogP contribution in [-0.4, -0.2) is 32.3 Å². The van der Waals surface area contributed by atoms with E-state index in [2.05, 4.69) is 0 Å². The van der Waals surface area contributed by atoms with Gasteiger partial charge in [-0.15, -0.1) is 0 Å². The van der Waals surface area contributed by atoms with Gasteiger partial charge in [-0.2, -0.15) is 0 Å². The van der Waals surface area contributed by atoms with Crippen molar-refractivity contribution in [3.05, 3.63) is 58.9 Å². The fourth-order valence-corrected chi connectivity index (χ4v) is 2.60. The van der Waals surface area contributed by atoms with Crippen molar-refractivity contribution in [2.45, 2.75) is 26.4 Å². The number of halogens is 2. The van der Waals surface area contributed by atoms with Gasteiger partial charge in [-0.1, -0.05) is 12.1 Å². The molecule has 0 heterocycles. The zero-order valence-electron chi connectivity index (χ0n) is 16.3. The van der Waals surface area contributed by atoms with Crippen LogP contribution in [0.25, 0.3) is 0 Å². The molecular weight excluding hydrogens is 368 g/mol. The Morgan fingerprint density at radius 2 is 1.61 bits per heavy atom. The molecule has 5 nitrogen and oxygen atoms in total. The van der Waals surface area contributed by atoms with E-state index in [0.29, 0.717) is 42.4 Å². The van der Waals surface area contributed by atoms with Crippen LogP contribution in [0.5, 0.6) is 11.5 Å². The van der Waals surface area contributed by atoms with Gasteiger partial charge < -0.3 is 19.9 Å². The van der Waals surface area contributed by atoms with Gasteiger partial charge in [-0.3, -0.25) is 4.79 Å². The Balaban J connectivity index is 1.69. The maximum Gasteiger partial charge on any atom is 0.252 e. The molecule has 0 saturated carbocycles. The monoisotopic (exact) mass is 393 g/mol. The number of ether oxygens (including phenoxy) is 3. The van der Waals surface area contributed by atoms with Crippen LogP contribution in [-0.2, 0) is 10.4 Å². The number of carbonyl (C=O) groups excluding carboxylic acids is 1. The molecule has 7 heteroatoms. The molecule has 0 radical (unpaired) electrons. The number of amides is 1. The van der Waals surface area contributed by atoms with Crippen molar-refractivity contribution in [1.29, 1.82) is 0 Å². The molecule has 0 atom stereocenters. The Bertz CT molecular complexity index is 801. The normalized spacial score (nSPS) is 11.3. The van der Waals surface area contributed by atoms with Crippen molar-refractivity contribution < 1.29 is 27.8 Å². The lowest BCUT2D eigenvalue weighted by Gasteiger charge is -2.15. The van der Waals surface area contributed by atoms with Crippen molar-refractivity contribution >= 4 is 5.91 Å². The Morgan fingerprint density at radius 1 is 1.00 bits per heavy atom. The minimum atomic E-state index is -1.39. The largest absolute Gasteiger partial charge is 0.491 e. The summed E-state index contributed by atoms with van der Waals surface area (Å²) in [5.74, 6) is -0.495. The second-order valence-electron chi connectivity index (χ2n) is 6.72. The summed E-state index contributed by atoms with van der Waals surface area (Å²) in [6.45, 7) is 5.77. The number of hydrogen-bond donors (Lipinski definition) is 1. The average Bonchev–Trinajstić information content (AvgIpc) is 2.62. The van der Waals surface area contributed by atoms with E-state index >= 15 is 0 Å². The molecule has 2 N–H and O–H groups in total. The molecule has 2 aromatic carbocycles. The number of carbonyl (C=O) groups is 1. The predicted octanol–water partition coefficient (Wildman–Crippen LogP) is 3.91. The smallest absolute Gasteiger partial charge is 0.252 e. The van der Waals surface area contributed by atoms with E-state index in [-0.39, 0.29) is 12.2 Å². The van der Waals surface area contributed by atoms with Crippen LogP contribution in [0.4, 0.5) is 8.78 Å². The molecule has 0 aliphatic rings. The molecule has 152 valence electrons. The van der Waals surface area contributed by atoms with Gasteiger partial charge in [0, 0.05) is 5.56 Å². The molecule has 2 rings (SSSR count). The summed E-state index contributed by atoms with van der Waals surface area (Å²) in [5.41, 5.74) is 4.57. The van der Waals surface area contributed by atoms with E-state index in [4.69, 9.17) is 19.9 Å². The Labute approximate surface area is 163 Å². The quantitative estimate of drug-likeness (QED) is 0.621. The fourth-order valence-electron chi connectivity index (χ4n) is 2.60. The summed E-state index contributed by atoms with van der Waals surface area (Å²) in [6, 6.07) is 9.40. The zero-order valence-corrected chi connectivity index (χ0v) is 16.3. The maximum atomic E-state index is 13.8. The molecule has 0 saturated heterocycles. The summed E-state index contributed by atoms with van der Waals surface area (Å²) in [7, 11) is 0. The third-order valence-corrected chi connectivity index (χ3v) is 4.13. The lowest BCUT2D eigenvalue weighted by atomic mass is 10.0. The van der Waals surface area contributed by atoms with E-state index in [0.717, 1.165) is 6.07 Å². The standard InChI is InChI=1S/C21H25F2NO4/c1-14-18(9-8-17(22)19(14)20(24)25)28-13-11-26-10-12-27-16-6-4-15(5-7-16)21(2,3)23/h4-9H,10-13H2,1-3H3,(H2,24,25). The SMILES string of the molecule is Cc1c(OCCOCCOc2ccc(C(C)(C)F)cc2)ccc(F)c1C(N)=O. The Hall–Kier alpha value is -2.67. The number of alkyl halides is 1. The van der Waals surface area contributed by atoms with Gasteiger partial charge in [0.25, 0.3) is 5.91 Å². The van der Waals surface area contributed by atoms with Gasteiger partial charge in [0.2, 0.25) is 0 Å². The van der Waals surface area contributed by atoms with Crippen LogP contribution in [0, 0.1) is 12.7 Å². The van der Waals surface area contributed by atoms with Crippen LogP contribution in [0.15, 0.2) is 36.4 Å². The highest BCUT2D eigenvalue weighted by Crippen LogP contribution is 2.26. The predicted molar refractivity (Wildman–Crippen MR) is 102 cm³/mol. The number of nitrogens with two attached hydrogens (primary N) is 1. The maximum absolute atomic E-state index is 13.8. The topological polar surface area (TPSA) is 70.8 Å². The van der Waals surface area contributed by atoms with Gasteiger partial charge >= 0.3 is 0 Å². The van der Waals surface area contributed by atoms with Crippen LogP contribution < -0.4 is 15.2 Å². The fraction of sp³-hybridized carbons (Fsp3) is 0.381. The van der Waals surface area contributed by atoms with Crippen LogP contribution >= 0.6 is 0 Å². The molecule has 2 aromatic rings. The van der Waals surface area contributed by atoms with E-state index in [9.17, 15) is 13.6 Å². The van der Waals surface area contributed by atoms with Crippen molar-refractivity contribution in [1.82, 2.24) is 0 Å². The van der Waals surface area contributed by atoms with Crippen LogP contribution in [0.1, 0.15) is 35.3 Å². The van der Waals surface area contributed by atoms with Gasteiger partial charge in [0.1, 0.15) is 36.2 Å². The van der Waals surface area contributed by atoms with Crippen molar-refractivity contribution in [2.75, 3.05) is 26.4 Å². The second-order valence-corrected chi connectivity index (χ2v) is 6.72.